The minimum absolute atomic E-state index is 0.174. The molecule has 0 saturated heterocycles. The van der Waals surface area contributed by atoms with Crippen molar-refractivity contribution in [1.29, 1.82) is 0 Å². The Kier molecular flexibility index (Phi) is 6.12. The largest absolute Gasteiger partial charge is 0.395 e. The minimum Gasteiger partial charge on any atom is -0.395 e. The molecule has 0 aromatic heterocycles. The van der Waals surface area contributed by atoms with Gasteiger partial charge in [0.1, 0.15) is 0 Å². The van der Waals surface area contributed by atoms with Crippen LogP contribution in [0, 0.1) is 0 Å². The molecule has 1 N–H and O–H groups in total. The minimum atomic E-state index is -2.44. The molecule has 0 amide bonds. The highest BCUT2D eigenvalue weighted by Crippen LogP contribution is 2.26. The first-order chi connectivity index (χ1) is 8.04. The Morgan fingerprint density at radius 3 is 2.59 bits per heavy atom. The Hall–Kier alpha value is -0.420. The van der Waals surface area contributed by atoms with Gasteiger partial charge >= 0.3 is 0 Å². The van der Waals surface area contributed by atoms with Crippen LogP contribution in [0.2, 0.25) is 10.0 Å². The number of hydrogen-bond donors (Lipinski definition) is 1. The van der Waals surface area contributed by atoms with E-state index in [1.165, 1.54) is 4.90 Å². The Morgan fingerprint density at radius 2 is 2.00 bits per heavy atom. The third-order valence-electron chi connectivity index (χ3n) is 2.24. The van der Waals surface area contributed by atoms with Crippen molar-refractivity contribution in [1.82, 2.24) is 4.90 Å². The lowest BCUT2D eigenvalue weighted by atomic mass is 10.2. The monoisotopic (exact) mass is 283 g/mol. The third kappa shape index (κ3) is 4.76. The second kappa shape index (κ2) is 7.11. The first-order valence-electron chi connectivity index (χ1n) is 5.09. The number of nitrogens with zero attached hydrogens (tertiary/aromatic N) is 1. The van der Waals surface area contributed by atoms with Gasteiger partial charge in [0.15, 0.2) is 0 Å². The molecule has 96 valence electrons. The van der Waals surface area contributed by atoms with Gasteiger partial charge in [0.2, 0.25) is 0 Å². The van der Waals surface area contributed by atoms with E-state index in [4.69, 9.17) is 28.3 Å². The Labute approximate surface area is 109 Å². The Morgan fingerprint density at radius 1 is 1.29 bits per heavy atom. The van der Waals surface area contributed by atoms with E-state index in [0.29, 0.717) is 15.6 Å². The summed E-state index contributed by atoms with van der Waals surface area (Å²) >= 11 is 11.8. The standard InChI is InChI=1S/C11H13Cl2F2NO/c12-9-3-1-2-8(11(9)13)6-16(4-5-17)7-10(14)15/h1-3,10,17H,4-7H2. The van der Waals surface area contributed by atoms with Crippen LogP contribution in [0.4, 0.5) is 8.78 Å². The summed E-state index contributed by atoms with van der Waals surface area (Å²) in [7, 11) is 0. The summed E-state index contributed by atoms with van der Waals surface area (Å²) in [6.45, 7) is -0.161. The van der Waals surface area contributed by atoms with E-state index >= 15 is 0 Å². The number of hydrogen-bond acceptors (Lipinski definition) is 2. The predicted octanol–water partition coefficient (Wildman–Crippen LogP) is 3.05. The van der Waals surface area contributed by atoms with Crippen LogP contribution in [0.3, 0.4) is 0 Å². The van der Waals surface area contributed by atoms with E-state index in [2.05, 4.69) is 0 Å². The lowest BCUT2D eigenvalue weighted by molar-refractivity contribution is 0.0747. The van der Waals surface area contributed by atoms with Crippen molar-refractivity contribution in [2.45, 2.75) is 13.0 Å². The summed E-state index contributed by atoms with van der Waals surface area (Å²) in [6.07, 6.45) is -2.44. The number of halogens is 4. The normalized spacial score (nSPS) is 11.5. The topological polar surface area (TPSA) is 23.5 Å². The zero-order chi connectivity index (χ0) is 12.8. The molecule has 0 bridgehead atoms. The van der Waals surface area contributed by atoms with Crippen molar-refractivity contribution in [3.63, 3.8) is 0 Å². The van der Waals surface area contributed by atoms with Crippen LogP contribution < -0.4 is 0 Å². The highest BCUT2D eigenvalue weighted by molar-refractivity contribution is 6.42. The summed E-state index contributed by atoms with van der Waals surface area (Å²) in [5.41, 5.74) is 0.674. The maximum absolute atomic E-state index is 12.3. The molecule has 0 spiro atoms. The van der Waals surface area contributed by atoms with Crippen molar-refractivity contribution in [3.05, 3.63) is 33.8 Å². The summed E-state index contributed by atoms with van der Waals surface area (Å²) in [6, 6.07) is 5.07. The van der Waals surface area contributed by atoms with Gasteiger partial charge in [0.05, 0.1) is 23.2 Å². The number of rotatable bonds is 6. The fraction of sp³-hybridized carbons (Fsp3) is 0.455. The van der Waals surface area contributed by atoms with Gasteiger partial charge in [0.25, 0.3) is 6.43 Å². The summed E-state index contributed by atoms with van der Waals surface area (Å²) in [4.78, 5) is 1.43. The molecule has 0 aliphatic heterocycles. The SMILES string of the molecule is OCCN(Cc1cccc(Cl)c1Cl)CC(F)F. The van der Waals surface area contributed by atoms with Crippen molar-refractivity contribution >= 4 is 23.2 Å². The van der Waals surface area contributed by atoms with E-state index in [-0.39, 0.29) is 19.7 Å². The van der Waals surface area contributed by atoms with Gasteiger partial charge in [-0.1, -0.05) is 35.3 Å². The molecule has 0 fully saturated rings. The maximum atomic E-state index is 12.3. The second-order valence-electron chi connectivity index (χ2n) is 3.56. The van der Waals surface area contributed by atoms with Crippen molar-refractivity contribution in [2.75, 3.05) is 19.7 Å². The van der Waals surface area contributed by atoms with Gasteiger partial charge in [-0.3, -0.25) is 4.90 Å². The highest BCUT2D eigenvalue weighted by Gasteiger charge is 2.14. The van der Waals surface area contributed by atoms with Crippen molar-refractivity contribution < 1.29 is 13.9 Å². The van der Waals surface area contributed by atoms with E-state index in [0.717, 1.165) is 0 Å². The zero-order valence-corrected chi connectivity index (χ0v) is 10.6. The number of aliphatic hydroxyl groups is 1. The molecule has 0 unspecified atom stereocenters. The summed E-state index contributed by atoms with van der Waals surface area (Å²) in [5, 5.41) is 9.57. The molecule has 2 nitrogen and oxygen atoms in total. The predicted molar refractivity (Wildman–Crippen MR) is 64.8 cm³/mol. The van der Waals surface area contributed by atoms with E-state index in [1.807, 2.05) is 0 Å². The Bertz CT molecular complexity index is 363. The third-order valence-corrected chi connectivity index (χ3v) is 3.10. The lowest BCUT2D eigenvalue weighted by Gasteiger charge is -2.21. The Balaban J connectivity index is 2.74. The molecule has 0 radical (unpaired) electrons. The van der Waals surface area contributed by atoms with Crippen LogP contribution >= 0.6 is 23.2 Å². The van der Waals surface area contributed by atoms with Gasteiger partial charge in [-0.15, -0.1) is 0 Å². The van der Waals surface area contributed by atoms with Crippen LogP contribution in [0.15, 0.2) is 18.2 Å². The quantitative estimate of drug-likeness (QED) is 0.868. The second-order valence-corrected chi connectivity index (χ2v) is 4.35. The maximum Gasteiger partial charge on any atom is 0.251 e. The van der Waals surface area contributed by atoms with E-state index in [1.54, 1.807) is 18.2 Å². The number of aliphatic hydroxyl groups excluding tert-OH is 1. The van der Waals surface area contributed by atoms with Crippen molar-refractivity contribution in [2.24, 2.45) is 0 Å². The van der Waals surface area contributed by atoms with E-state index in [9.17, 15) is 8.78 Å². The van der Waals surface area contributed by atoms with Gasteiger partial charge in [-0.25, -0.2) is 8.78 Å². The van der Waals surface area contributed by atoms with Gasteiger partial charge < -0.3 is 5.11 Å². The zero-order valence-electron chi connectivity index (χ0n) is 9.04. The molecule has 0 saturated carbocycles. The number of alkyl halides is 2. The molecule has 0 heterocycles. The molecule has 6 heteroatoms. The number of benzene rings is 1. The molecule has 1 rings (SSSR count). The van der Waals surface area contributed by atoms with Crippen LogP contribution in [0.5, 0.6) is 0 Å². The van der Waals surface area contributed by atoms with Gasteiger partial charge in [-0.2, -0.15) is 0 Å². The molecular weight excluding hydrogens is 271 g/mol. The summed E-state index contributed by atoms with van der Waals surface area (Å²) in [5.74, 6) is 0. The van der Waals surface area contributed by atoms with Crippen LogP contribution in [0.1, 0.15) is 5.56 Å². The van der Waals surface area contributed by atoms with Crippen LogP contribution in [-0.4, -0.2) is 36.1 Å². The van der Waals surface area contributed by atoms with Gasteiger partial charge in [0, 0.05) is 13.1 Å². The lowest BCUT2D eigenvalue weighted by Crippen LogP contribution is -2.31. The average Bonchev–Trinajstić information content (AvgIpc) is 2.24. The molecule has 1 aromatic rings. The van der Waals surface area contributed by atoms with Crippen LogP contribution in [0.25, 0.3) is 0 Å². The molecule has 0 aliphatic rings. The smallest absolute Gasteiger partial charge is 0.251 e. The average molecular weight is 284 g/mol. The first kappa shape index (κ1) is 14.6. The summed E-state index contributed by atoms with van der Waals surface area (Å²) < 4.78 is 24.6. The fourth-order valence-corrected chi connectivity index (χ4v) is 1.86. The first-order valence-corrected chi connectivity index (χ1v) is 5.84. The highest BCUT2D eigenvalue weighted by atomic mass is 35.5. The molecule has 0 atom stereocenters. The molecule has 0 aliphatic carbocycles. The van der Waals surface area contributed by atoms with Crippen molar-refractivity contribution in [3.8, 4) is 0 Å². The molecule has 1 aromatic carbocycles. The fourth-order valence-electron chi connectivity index (χ4n) is 1.48. The molecule has 17 heavy (non-hydrogen) atoms. The van der Waals surface area contributed by atoms with E-state index < -0.39 is 13.0 Å². The van der Waals surface area contributed by atoms with Crippen LogP contribution in [-0.2, 0) is 6.54 Å². The van der Waals surface area contributed by atoms with Gasteiger partial charge in [-0.05, 0) is 11.6 Å². The molecular formula is C11H13Cl2F2NO.